The van der Waals surface area contributed by atoms with Gasteiger partial charge in [0.2, 0.25) is 0 Å². The minimum Gasteiger partial charge on any atom is -0.497 e. The summed E-state index contributed by atoms with van der Waals surface area (Å²) in [6.45, 7) is 3.77. The third kappa shape index (κ3) is 4.62. The Morgan fingerprint density at radius 1 is 1.09 bits per heavy atom. The Hall–Kier alpha value is -2.73. The summed E-state index contributed by atoms with van der Waals surface area (Å²) in [5.41, 5.74) is 0.548. The standard InChI is InChI=1S/C20H20O3/c1-4-20(2,23-19(21)17-8-6-5-7-9-17)15-14-16-10-12-18(22-3)13-11-16/h5-13H,4H2,1-3H3. The van der Waals surface area contributed by atoms with Gasteiger partial charge in [-0.05, 0) is 49.7 Å². The van der Waals surface area contributed by atoms with Gasteiger partial charge >= 0.3 is 5.97 Å². The van der Waals surface area contributed by atoms with Gasteiger partial charge in [0, 0.05) is 5.56 Å². The first-order valence-corrected chi connectivity index (χ1v) is 7.52. The summed E-state index contributed by atoms with van der Waals surface area (Å²) in [4.78, 5) is 12.2. The molecule has 0 radical (unpaired) electrons. The van der Waals surface area contributed by atoms with Crippen molar-refractivity contribution in [2.45, 2.75) is 25.9 Å². The van der Waals surface area contributed by atoms with Crippen LogP contribution in [0.5, 0.6) is 5.75 Å². The number of ether oxygens (including phenoxy) is 2. The molecule has 0 saturated heterocycles. The smallest absolute Gasteiger partial charge is 0.339 e. The van der Waals surface area contributed by atoms with Gasteiger partial charge in [-0.1, -0.05) is 37.0 Å². The van der Waals surface area contributed by atoms with E-state index in [1.807, 2.05) is 56.3 Å². The van der Waals surface area contributed by atoms with Crippen molar-refractivity contribution < 1.29 is 14.3 Å². The van der Waals surface area contributed by atoms with E-state index in [0.717, 1.165) is 11.3 Å². The molecule has 1 unspecified atom stereocenters. The molecule has 3 nitrogen and oxygen atoms in total. The minimum atomic E-state index is -0.827. The van der Waals surface area contributed by atoms with E-state index in [-0.39, 0.29) is 5.97 Å². The van der Waals surface area contributed by atoms with Crippen LogP contribution in [0, 0.1) is 11.8 Å². The van der Waals surface area contributed by atoms with E-state index in [2.05, 4.69) is 11.8 Å². The number of rotatable bonds is 4. The van der Waals surface area contributed by atoms with Gasteiger partial charge in [-0.3, -0.25) is 0 Å². The first-order chi connectivity index (χ1) is 11.1. The van der Waals surface area contributed by atoms with Gasteiger partial charge in [0.15, 0.2) is 5.60 Å². The van der Waals surface area contributed by atoms with Crippen LogP contribution in [0.1, 0.15) is 36.2 Å². The lowest BCUT2D eigenvalue weighted by Gasteiger charge is -2.22. The topological polar surface area (TPSA) is 35.5 Å². The fourth-order valence-corrected chi connectivity index (χ4v) is 1.90. The molecule has 0 amide bonds. The first kappa shape index (κ1) is 16.6. The van der Waals surface area contributed by atoms with Crippen LogP contribution in [-0.4, -0.2) is 18.7 Å². The van der Waals surface area contributed by atoms with Gasteiger partial charge in [0.25, 0.3) is 0 Å². The van der Waals surface area contributed by atoms with Crippen molar-refractivity contribution in [1.82, 2.24) is 0 Å². The lowest BCUT2D eigenvalue weighted by molar-refractivity contribution is 0.0132. The molecule has 0 spiro atoms. The Morgan fingerprint density at radius 3 is 2.30 bits per heavy atom. The number of methoxy groups -OCH3 is 1. The monoisotopic (exact) mass is 308 g/mol. The Bertz CT molecular complexity index is 708. The molecule has 23 heavy (non-hydrogen) atoms. The highest BCUT2D eigenvalue weighted by molar-refractivity contribution is 5.89. The van der Waals surface area contributed by atoms with Crippen molar-refractivity contribution >= 4 is 5.97 Å². The van der Waals surface area contributed by atoms with Crippen LogP contribution in [0.4, 0.5) is 0 Å². The Morgan fingerprint density at radius 2 is 1.74 bits per heavy atom. The van der Waals surface area contributed by atoms with Crippen LogP contribution in [0.2, 0.25) is 0 Å². The van der Waals surface area contributed by atoms with Crippen LogP contribution < -0.4 is 4.74 Å². The number of carbonyl (C=O) groups excluding carboxylic acids is 1. The van der Waals surface area contributed by atoms with Gasteiger partial charge in [0.1, 0.15) is 5.75 Å². The van der Waals surface area contributed by atoms with Gasteiger partial charge in [-0.2, -0.15) is 0 Å². The summed E-state index contributed by atoms with van der Waals surface area (Å²) in [6, 6.07) is 16.4. The van der Waals surface area contributed by atoms with Crippen molar-refractivity contribution in [3.05, 3.63) is 65.7 Å². The molecular formula is C20H20O3. The molecule has 0 fully saturated rings. The highest BCUT2D eigenvalue weighted by Gasteiger charge is 2.24. The molecule has 1 atom stereocenters. The summed E-state index contributed by atoms with van der Waals surface area (Å²) in [5, 5.41) is 0. The lowest BCUT2D eigenvalue weighted by atomic mass is 10.0. The van der Waals surface area contributed by atoms with Gasteiger partial charge < -0.3 is 9.47 Å². The van der Waals surface area contributed by atoms with Crippen LogP contribution in [-0.2, 0) is 4.74 Å². The molecule has 2 rings (SSSR count). The maximum absolute atomic E-state index is 12.2. The molecule has 0 aromatic heterocycles. The minimum absolute atomic E-state index is 0.362. The molecule has 0 aliphatic carbocycles. The molecule has 2 aromatic carbocycles. The zero-order chi connectivity index (χ0) is 16.7. The number of hydrogen-bond acceptors (Lipinski definition) is 3. The third-order valence-corrected chi connectivity index (χ3v) is 3.56. The highest BCUT2D eigenvalue weighted by Crippen LogP contribution is 2.18. The molecule has 0 aliphatic heterocycles. The second-order valence-electron chi connectivity index (χ2n) is 5.32. The van der Waals surface area contributed by atoms with Crippen LogP contribution in [0.15, 0.2) is 54.6 Å². The van der Waals surface area contributed by atoms with Crippen LogP contribution in [0.3, 0.4) is 0 Å². The summed E-state index contributed by atoms with van der Waals surface area (Å²) in [6.07, 6.45) is 0.606. The van der Waals surface area contributed by atoms with E-state index in [0.29, 0.717) is 12.0 Å². The van der Waals surface area contributed by atoms with Gasteiger partial charge in [0.05, 0.1) is 12.7 Å². The fourth-order valence-electron chi connectivity index (χ4n) is 1.90. The van der Waals surface area contributed by atoms with Gasteiger partial charge in [-0.25, -0.2) is 4.79 Å². The fraction of sp³-hybridized carbons (Fsp3) is 0.250. The largest absolute Gasteiger partial charge is 0.497 e. The van der Waals surface area contributed by atoms with E-state index in [1.54, 1.807) is 19.2 Å². The number of benzene rings is 2. The predicted octanol–water partition coefficient (Wildman–Crippen LogP) is 4.07. The zero-order valence-corrected chi connectivity index (χ0v) is 13.6. The van der Waals surface area contributed by atoms with Crippen molar-refractivity contribution in [3.8, 4) is 17.6 Å². The summed E-state index contributed by atoms with van der Waals surface area (Å²) < 4.78 is 10.7. The van der Waals surface area contributed by atoms with Crippen molar-refractivity contribution in [3.63, 3.8) is 0 Å². The zero-order valence-electron chi connectivity index (χ0n) is 13.6. The molecule has 3 heteroatoms. The van der Waals surface area contributed by atoms with E-state index < -0.39 is 5.60 Å². The normalized spacial score (nSPS) is 12.5. The average molecular weight is 308 g/mol. The molecule has 0 saturated carbocycles. The summed E-state index contributed by atoms with van der Waals surface area (Å²) >= 11 is 0. The molecular weight excluding hydrogens is 288 g/mol. The molecule has 118 valence electrons. The van der Waals surface area contributed by atoms with E-state index >= 15 is 0 Å². The third-order valence-electron chi connectivity index (χ3n) is 3.56. The second kappa shape index (κ2) is 7.51. The quantitative estimate of drug-likeness (QED) is 0.631. The number of esters is 1. The Labute approximate surface area is 137 Å². The van der Waals surface area contributed by atoms with E-state index in [9.17, 15) is 4.79 Å². The predicted molar refractivity (Wildman–Crippen MR) is 90.4 cm³/mol. The first-order valence-electron chi connectivity index (χ1n) is 7.52. The SMILES string of the molecule is CCC(C)(C#Cc1ccc(OC)cc1)OC(=O)c1ccccc1. The van der Waals surface area contributed by atoms with Crippen molar-refractivity contribution in [1.29, 1.82) is 0 Å². The van der Waals surface area contributed by atoms with Crippen LogP contribution >= 0.6 is 0 Å². The average Bonchev–Trinajstić information content (AvgIpc) is 2.61. The maximum Gasteiger partial charge on any atom is 0.339 e. The summed E-state index contributed by atoms with van der Waals surface area (Å²) in [7, 11) is 1.62. The van der Waals surface area contributed by atoms with E-state index in [1.165, 1.54) is 0 Å². The molecule has 0 N–H and O–H groups in total. The Kier molecular flexibility index (Phi) is 5.43. The maximum atomic E-state index is 12.2. The number of hydrogen-bond donors (Lipinski definition) is 0. The summed E-state index contributed by atoms with van der Waals surface area (Å²) in [5.74, 6) is 6.55. The molecule has 2 aromatic rings. The van der Waals surface area contributed by atoms with E-state index in [4.69, 9.17) is 9.47 Å². The highest BCUT2D eigenvalue weighted by atomic mass is 16.6. The number of carbonyl (C=O) groups is 1. The lowest BCUT2D eigenvalue weighted by Crippen LogP contribution is -2.29. The molecule has 0 heterocycles. The second-order valence-corrected chi connectivity index (χ2v) is 5.32. The van der Waals surface area contributed by atoms with Gasteiger partial charge in [-0.15, -0.1) is 0 Å². The molecule has 0 bridgehead atoms. The van der Waals surface area contributed by atoms with Crippen molar-refractivity contribution in [2.24, 2.45) is 0 Å². The Balaban J connectivity index is 2.14. The van der Waals surface area contributed by atoms with Crippen molar-refractivity contribution in [2.75, 3.05) is 7.11 Å². The molecule has 0 aliphatic rings. The van der Waals surface area contributed by atoms with Crippen LogP contribution in [0.25, 0.3) is 0 Å².